The molecular formula is C29H38O6. The number of carbonyl (C=O) groups is 2. The molecule has 0 aliphatic rings. The van der Waals surface area contributed by atoms with Crippen LogP contribution in [0.2, 0.25) is 0 Å². The summed E-state index contributed by atoms with van der Waals surface area (Å²) < 4.78 is 10.4. The minimum absolute atomic E-state index is 0.0644. The van der Waals surface area contributed by atoms with E-state index in [4.69, 9.17) is 9.47 Å². The molecule has 6 heteroatoms. The van der Waals surface area contributed by atoms with Crippen molar-refractivity contribution in [2.75, 3.05) is 13.7 Å². The highest BCUT2D eigenvalue weighted by atomic mass is 16.5. The molecule has 0 fully saturated rings. The van der Waals surface area contributed by atoms with Gasteiger partial charge in [-0.05, 0) is 66.5 Å². The van der Waals surface area contributed by atoms with Crippen LogP contribution in [0.3, 0.4) is 0 Å². The third-order valence-electron chi connectivity index (χ3n) is 6.10. The summed E-state index contributed by atoms with van der Waals surface area (Å²) in [6, 6.07) is 3.74. The normalized spacial score (nSPS) is 12.2. The number of ketones is 1. The van der Waals surface area contributed by atoms with Gasteiger partial charge in [0.25, 0.3) is 0 Å². The molecular weight excluding hydrogens is 444 g/mol. The average Bonchev–Trinajstić information content (AvgIpc) is 2.73. The zero-order chi connectivity index (χ0) is 26.9. The lowest BCUT2D eigenvalue weighted by molar-refractivity contribution is 0.0520. The molecule has 6 nitrogen and oxygen atoms in total. The number of esters is 1. The maximum absolute atomic E-state index is 13.2. The molecule has 0 saturated carbocycles. The number of aromatic hydroxyl groups is 2. The van der Waals surface area contributed by atoms with Crippen LogP contribution >= 0.6 is 0 Å². The van der Waals surface area contributed by atoms with Crippen LogP contribution in [0.1, 0.15) is 97.0 Å². The Kier molecular flexibility index (Phi) is 8.10. The minimum atomic E-state index is -0.622. The molecule has 35 heavy (non-hydrogen) atoms. The second-order valence-electron chi connectivity index (χ2n) is 10.8. The summed E-state index contributed by atoms with van der Waals surface area (Å²) in [7, 11) is 1.33. The Labute approximate surface area is 208 Å². The fourth-order valence-electron chi connectivity index (χ4n) is 4.06. The maximum atomic E-state index is 13.2. The molecule has 0 unspecified atom stereocenters. The molecule has 0 aliphatic carbocycles. The van der Waals surface area contributed by atoms with E-state index >= 15 is 0 Å². The number of ether oxygens (including phenoxy) is 2. The van der Waals surface area contributed by atoms with Crippen molar-refractivity contribution in [3.63, 3.8) is 0 Å². The standard InChI is InChI=1S/C29H38O6/c1-11-35-27(33)23-17(3)16(2)22(25(32)26(23)34-10)21(30)13-12-18-14-19(28(4,5)6)24(31)20(15-18)29(7,8)9/h12-15,31-32H,11H2,1-10H3. The van der Waals surface area contributed by atoms with Gasteiger partial charge in [0.2, 0.25) is 0 Å². The predicted molar refractivity (Wildman–Crippen MR) is 139 cm³/mol. The monoisotopic (exact) mass is 482 g/mol. The largest absolute Gasteiger partial charge is 0.507 e. The molecule has 0 amide bonds. The van der Waals surface area contributed by atoms with Gasteiger partial charge in [0.15, 0.2) is 17.3 Å². The van der Waals surface area contributed by atoms with Gasteiger partial charge in [0, 0.05) is 11.1 Å². The highest BCUT2D eigenvalue weighted by molar-refractivity contribution is 6.12. The van der Waals surface area contributed by atoms with Gasteiger partial charge in [-0.2, -0.15) is 0 Å². The van der Waals surface area contributed by atoms with Crippen molar-refractivity contribution in [2.45, 2.75) is 73.1 Å². The fraction of sp³-hybridized carbons (Fsp3) is 0.448. The Morgan fingerprint density at radius 1 is 0.886 bits per heavy atom. The molecule has 0 aromatic heterocycles. The van der Waals surface area contributed by atoms with Crippen molar-refractivity contribution < 1.29 is 29.3 Å². The number of allylic oxidation sites excluding steroid dienone is 1. The first-order chi connectivity index (χ1) is 16.1. The first-order valence-electron chi connectivity index (χ1n) is 11.7. The molecule has 0 bridgehead atoms. The summed E-state index contributed by atoms with van der Waals surface area (Å²) in [4.78, 5) is 25.7. The molecule has 0 spiro atoms. The van der Waals surface area contributed by atoms with Crippen LogP contribution in [0.15, 0.2) is 18.2 Å². The Morgan fingerprint density at radius 3 is 1.80 bits per heavy atom. The van der Waals surface area contributed by atoms with Crippen molar-refractivity contribution in [2.24, 2.45) is 0 Å². The van der Waals surface area contributed by atoms with Gasteiger partial charge in [0.05, 0.1) is 19.3 Å². The fourth-order valence-corrected chi connectivity index (χ4v) is 4.06. The molecule has 0 atom stereocenters. The Hall–Kier alpha value is -3.28. The van der Waals surface area contributed by atoms with Crippen LogP contribution in [0, 0.1) is 13.8 Å². The van der Waals surface area contributed by atoms with E-state index in [2.05, 4.69) is 0 Å². The predicted octanol–water partition coefficient (Wildman–Crippen LogP) is 6.39. The summed E-state index contributed by atoms with van der Waals surface area (Å²) in [6.45, 7) is 17.4. The van der Waals surface area contributed by atoms with Gasteiger partial charge in [-0.25, -0.2) is 4.79 Å². The molecule has 2 N–H and O–H groups in total. The molecule has 0 heterocycles. The highest BCUT2D eigenvalue weighted by Crippen LogP contribution is 2.41. The summed E-state index contributed by atoms with van der Waals surface area (Å²) in [6.07, 6.45) is 3.06. The van der Waals surface area contributed by atoms with Crippen molar-refractivity contribution in [1.82, 2.24) is 0 Å². The van der Waals surface area contributed by atoms with Crippen LogP contribution in [0.25, 0.3) is 6.08 Å². The quantitative estimate of drug-likeness (QED) is 0.281. The highest BCUT2D eigenvalue weighted by Gasteiger charge is 2.29. The first kappa shape index (κ1) is 28.0. The molecule has 2 aromatic carbocycles. The second kappa shape index (κ2) is 10.1. The number of methoxy groups -OCH3 is 1. The van der Waals surface area contributed by atoms with Crippen molar-refractivity contribution in [3.8, 4) is 17.2 Å². The van der Waals surface area contributed by atoms with E-state index in [0.717, 1.165) is 16.7 Å². The van der Waals surface area contributed by atoms with Gasteiger partial charge < -0.3 is 19.7 Å². The maximum Gasteiger partial charge on any atom is 0.342 e. The molecule has 0 radical (unpaired) electrons. The third kappa shape index (κ3) is 5.69. The Morgan fingerprint density at radius 2 is 1.37 bits per heavy atom. The van der Waals surface area contributed by atoms with E-state index in [1.54, 1.807) is 26.8 Å². The number of rotatable bonds is 6. The lowest BCUT2D eigenvalue weighted by Gasteiger charge is -2.27. The average molecular weight is 483 g/mol. The number of carbonyl (C=O) groups excluding carboxylic acids is 2. The summed E-state index contributed by atoms with van der Waals surface area (Å²) in [5.74, 6) is -1.28. The zero-order valence-electron chi connectivity index (χ0n) is 22.5. The third-order valence-corrected chi connectivity index (χ3v) is 6.10. The number of hydrogen-bond acceptors (Lipinski definition) is 6. The van der Waals surface area contributed by atoms with Gasteiger partial charge >= 0.3 is 5.97 Å². The van der Waals surface area contributed by atoms with Crippen LogP contribution in [-0.2, 0) is 15.6 Å². The van der Waals surface area contributed by atoms with Crippen molar-refractivity contribution >= 4 is 17.8 Å². The van der Waals surface area contributed by atoms with E-state index in [1.807, 2.05) is 53.7 Å². The lowest BCUT2D eigenvalue weighted by Crippen LogP contribution is -2.17. The van der Waals surface area contributed by atoms with E-state index in [9.17, 15) is 19.8 Å². The van der Waals surface area contributed by atoms with Crippen LogP contribution in [0.5, 0.6) is 17.2 Å². The zero-order valence-corrected chi connectivity index (χ0v) is 22.5. The Bertz CT molecular complexity index is 1140. The summed E-state index contributed by atoms with van der Waals surface area (Å²) >= 11 is 0. The summed E-state index contributed by atoms with van der Waals surface area (Å²) in [5, 5.41) is 21.8. The number of phenolic OH excluding ortho intramolecular Hbond substituents is 2. The molecule has 0 aliphatic heterocycles. The van der Waals surface area contributed by atoms with Crippen LogP contribution in [0.4, 0.5) is 0 Å². The molecule has 190 valence electrons. The van der Waals surface area contributed by atoms with Gasteiger partial charge in [-0.1, -0.05) is 47.6 Å². The first-order valence-corrected chi connectivity index (χ1v) is 11.7. The van der Waals surface area contributed by atoms with E-state index in [-0.39, 0.29) is 40.1 Å². The Balaban J connectivity index is 2.64. The van der Waals surface area contributed by atoms with Gasteiger partial charge in [0.1, 0.15) is 11.3 Å². The van der Waals surface area contributed by atoms with Gasteiger partial charge in [-0.15, -0.1) is 0 Å². The molecule has 2 rings (SSSR count). The van der Waals surface area contributed by atoms with Crippen molar-refractivity contribution in [1.29, 1.82) is 0 Å². The SMILES string of the molecule is CCOC(=O)c1c(C)c(C)c(C(=O)C=Cc2cc(C(C)(C)C)c(O)c(C(C)(C)C)c2)c(O)c1OC. The minimum Gasteiger partial charge on any atom is -0.507 e. The second-order valence-corrected chi connectivity index (χ2v) is 10.8. The number of phenols is 2. The van der Waals surface area contributed by atoms with Gasteiger partial charge in [-0.3, -0.25) is 4.79 Å². The number of hydrogen-bond donors (Lipinski definition) is 2. The molecule has 2 aromatic rings. The van der Waals surface area contributed by atoms with Crippen LogP contribution < -0.4 is 4.74 Å². The topological polar surface area (TPSA) is 93.1 Å². The van der Waals surface area contributed by atoms with E-state index in [0.29, 0.717) is 11.1 Å². The smallest absolute Gasteiger partial charge is 0.342 e. The lowest BCUT2D eigenvalue weighted by atomic mass is 9.78. The number of benzene rings is 2. The summed E-state index contributed by atoms with van der Waals surface area (Å²) in [5.41, 5.74) is 2.86. The van der Waals surface area contributed by atoms with E-state index < -0.39 is 17.5 Å². The van der Waals surface area contributed by atoms with E-state index in [1.165, 1.54) is 13.2 Å². The van der Waals surface area contributed by atoms with Crippen LogP contribution in [-0.4, -0.2) is 35.7 Å². The molecule has 0 saturated heterocycles. The van der Waals surface area contributed by atoms with Crippen molar-refractivity contribution in [3.05, 3.63) is 57.2 Å².